The Kier molecular flexibility index (Phi) is 5.60. The summed E-state index contributed by atoms with van der Waals surface area (Å²) in [5, 5.41) is 22.1. The number of pyridine rings is 1. The van der Waals surface area contributed by atoms with Crippen molar-refractivity contribution in [3.63, 3.8) is 0 Å². The van der Waals surface area contributed by atoms with E-state index in [-0.39, 0.29) is 41.3 Å². The standard InChI is InChI=1S/C23H22N2O3/c1-3-4-12-25-22(27)19(14-24)15(2)21(23(25)28)20(26)13-17-10-7-9-16-8-5-6-11-18(16)17/h5-11,28H,3-4,12-13H2,1-2H3. The predicted octanol–water partition coefficient (Wildman–Crippen LogP) is 4.11. The highest BCUT2D eigenvalue weighted by molar-refractivity contribution is 6.03. The van der Waals surface area contributed by atoms with E-state index in [2.05, 4.69) is 0 Å². The number of hydrogen-bond acceptors (Lipinski definition) is 4. The van der Waals surface area contributed by atoms with Crippen LogP contribution < -0.4 is 5.56 Å². The lowest BCUT2D eigenvalue weighted by Gasteiger charge is -2.15. The smallest absolute Gasteiger partial charge is 0.271 e. The summed E-state index contributed by atoms with van der Waals surface area (Å²) in [6, 6.07) is 15.4. The highest BCUT2D eigenvalue weighted by atomic mass is 16.3. The molecule has 1 aromatic heterocycles. The molecule has 0 bridgehead atoms. The van der Waals surface area contributed by atoms with Crippen molar-refractivity contribution >= 4 is 16.6 Å². The molecule has 0 aliphatic heterocycles. The first-order chi connectivity index (χ1) is 13.5. The minimum absolute atomic E-state index is 0.0557. The molecule has 142 valence electrons. The molecule has 1 heterocycles. The van der Waals surface area contributed by atoms with Crippen LogP contribution in [0.25, 0.3) is 10.8 Å². The number of nitriles is 1. The second-order valence-corrected chi connectivity index (χ2v) is 6.86. The van der Waals surface area contributed by atoms with Crippen LogP contribution in [0, 0.1) is 18.3 Å². The zero-order valence-corrected chi connectivity index (χ0v) is 16.0. The molecule has 3 aromatic rings. The minimum atomic E-state index is -0.548. The largest absolute Gasteiger partial charge is 0.494 e. The van der Waals surface area contributed by atoms with Crippen molar-refractivity contribution in [2.24, 2.45) is 0 Å². The molecule has 0 amide bonds. The van der Waals surface area contributed by atoms with Crippen molar-refractivity contribution < 1.29 is 9.90 Å². The second-order valence-electron chi connectivity index (χ2n) is 6.86. The van der Waals surface area contributed by atoms with Gasteiger partial charge in [0.1, 0.15) is 11.6 Å². The molecular weight excluding hydrogens is 352 g/mol. The van der Waals surface area contributed by atoms with Crippen LogP contribution in [0.2, 0.25) is 0 Å². The zero-order valence-electron chi connectivity index (χ0n) is 16.0. The molecule has 5 heteroatoms. The molecule has 5 nitrogen and oxygen atoms in total. The van der Waals surface area contributed by atoms with Crippen molar-refractivity contribution in [1.29, 1.82) is 5.26 Å². The van der Waals surface area contributed by atoms with Gasteiger partial charge in [-0.15, -0.1) is 0 Å². The van der Waals surface area contributed by atoms with Crippen LogP contribution in [0.4, 0.5) is 0 Å². The van der Waals surface area contributed by atoms with E-state index >= 15 is 0 Å². The molecule has 2 aromatic carbocycles. The third kappa shape index (κ3) is 3.41. The highest BCUT2D eigenvalue weighted by Gasteiger charge is 2.24. The van der Waals surface area contributed by atoms with E-state index in [1.165, 1.54) is 0 Å². The summed E-state index contributed by atoms with van der Waals surface area (Å²) < 4.78 is 1.14. The number of Topliss-reactive ketones (excluding diaryl/α,β-unsaturated/α-hetero) is 1. The van der Waals surface area contributed by atoms with Gasteiger partial charge in [0.05, 0.1) is 5.56 Å². The first kappa shape index (κ1) is 19.4. The minimum Gasteiger partial charge on any atom is -0.494 e. The lowest BCUT2D eigenvalue weighted by atomic mass is 9.94. The Morgan fingerprint density at radius 1 is 1.18 bits per heavy atom. The number of aromatic nitrogens is 1. The Bertz CT molecular complexity index is 1150. The fourth-order valence-electron chi connectivity index (χ4n) is 3.52. The number of nitrogens with zero attached hydrogens (tertiary/aromatic N) is 2. The number of unbranched alkanes of at least 4 members (excludes halogenated alkanes) is 1. The molecule has 0 unspecified atom stereocenters. The van der Waals surface area contributed by atoms with Gasteiger partial charge in [0.2, 0.25) is 5.88 Å². The molecule has 0 aliphatic carbocycles. The van der Waals surface area contributed by atoms with Gasteiger partial charge in [-0.3, -0.25) is 14.2 Å². The molecule has 0 aliphatic rings. The average molecular weight is 374 g/mol. The van der Waals surface area contributed by atoms with Gasteiger partial charge in [0, 0.05) is 13.0 Å². The lowest BCUT2D eigenvalue weighted by Crippen LogP contribution is -2.27. The maximum atomic E-state index is 13.1. The number of aromatic hydroxyl groups is 1. The topological polar surface area (TPSA) is 83.1 Å². The highest BCUT2D eigenvalue weighted by Crippen LogP contribution is 2.26. The van der Waals surface area contributed by atoms with E-state index < -0.39 is 5.56 Å². The summed E-state index contributed by atoms with van der Waals surface area (Å²) in [5.74, 6) is -0.659. The number of hydrogen-bond donors (Lipinski definition) is 1. The first-order valence-electron chi connectivity index (χ1n) is 9.35. The van der Waals surface area contributed by atoms with Gasteiger partial charge in [-0.05, 0) is 35.2 Å². The molecule has 28 heavy (non-hydrogen) atoms. The van der Waals surface area contributed by atoms with Crippen molar-refractivity contribution in [1.82, 2.24) is 4.57 Å². The molecule has 1 N–H and O–H groups in total. The van der Waals surface area contributed by atoms with Gasteiger partial charge >= 0.3 is 0 Å². The van der Waals surface area contributed by atoms with E-state index in [0.29, 0.717) is 6.42 Å². The molecule has 0 spiro atoms. The lowest BCUT2D eigenvalue weighted by molar-refractivity contribution is 0.0988. The molecule has 3 rings (SSSR count). The van der Waals surface area contributed by atoms with Crippen molar-refractivity contribution in [3.05, 3.63) is 75.1 Å². The summed E-state index contributed by atoms with van der Waals surface area (Å²) in [4.78, 5) is 25.6. The monoisotopic (exact) mass is 374 g/mol. The molecular formula is C23H22N2O3. The number of benzene rings is 2. The van der Waals surface area contributed by atoms with Crippen LogP contribution >= 0.6 is 0 Å². The number of carbonyl (C=O) groups is 1. The molecule has 0 radical (unpaired) electrons. The second kappa shape index (κ2) is 8.10. The van der Waals surface area contributed by atoms with Crippen LogP contribution in [-0.4, -0.2) is 15.5 Å². The Hall–Kier alpha value is -3.39. The average Bonchev–Trinajstić information content (AvgIpc) is 2.68. The third-order valence-corrected chi connectivity index (χ3v) is 5.05. The summed E-state index contributed by atoms with van der Waals surface area (Å²) in [5.41, 5.74) is 0.498. The number of ketones is 1. The SMILES string of the molecule is CCCCn1c(O)c(C(=O)Cc2cccc3ccccc23)c(C)c(C#N)c1=O. The van der Waals surface area contributed by atoms with Crippen LogP contribution in [-0.2, 0) is 13.0 Å². The van der Waals surface area contributed by atoms with Crippen LogP contribution in [0.3, 0.4) is 0 Å². The van der Waals surface area contributed by atoms with Gasteiger partial charge in [0.15, 0.2) is 5.78 Å². The number of fused-ring (bicyclic) bond motifs is 1. The molecule has 0 saturated carbocycles. The molecule has 0 saturated heterocycles. The fourth-order valence-corrected chi connectivity index (χ4v) is 3.52. The Balaban J connectivity index is 2.11. The van der Waals surface area contributed by atoms with Gasteiger partial charge < -0.3 is 5.11 Å². The maximum absolute atomic E-state index is 13.1. The van der Waals surface area contributed by atoms with Crippen LogP contribution in [0.5, 0.6) is 5.88 Å². The van der Waals surface area contributed by atoms with E-state index in [9.17, 15) is 20.0 Å². The zero-order chi connectivity index (χ0) is 20.3. The van der Waals surface area contributed by atoms with Gasteiger partial charge in [-0.1, -0.05) is 55.8 Å². The Morgan fingerprint density at radius 2 is 1.89 bits per heavy atom. The van der Waals surface area contributed by atoms with Crippen molar-refractivity contribution in [2.45, 2.75) is 39.7 Å². The fraction of sp³-hybridized carbons (Fsp3) is 0.261. The van der Waals surface area contributed by atoms with Crippen molar-refractivity contribution in [3.8, 4) is 11.9 Å². The van der Waals surface area contributed by atoms with Gasteiger partial charge in [-0.25, -0.2) is 0 Å². The Morgan fingerprint density at radius 3 is 2.61 bits per heavy atom. The summed E-state index contributed by atoms with van der Waals surface area (Å²) in [6.07, 6.45) is 1.56. The van der Waals surface area contributed by atoms with E-state index in [1.807, 2.05) is 55.5 Å². The number of rotatable bonds is 6. The first-order valence-corrected chi connectivity index (χ1v) is 9.35. The quantitative estimate of drug-likeness (QED) is 0.658. The maximum Gasteiger partial charge on any atom is 0.271 e. The molecule has 0 fully saturated rings. The molecule has 0 atom stereocenters. The summed E-state index contributed by atoms with van der Waals surface area (Å²) >= 11 is 0. The Labute approximate surface area is 163 Å². The normalized spacial score (nSPS) is 10.8. The van der Waals surface area contributed by atoms with Gasteiger partial charge in [-0.2, -0.15) is 5.26 Å². The van der Waals surface area contributed by atoms with E-state index in [0.717, 1.165) is 27.3 Å². The third-order valence-electron chi connectivity index (χ3n) is 5.05. The summed E-state index contributed by atoms with van der Waals surface area (Å²) in [6.45, 7) is 3.78. The van der Waals surface area contributed by atoms with E-state index in [1.54, 1.807) is 6.92 Å². The van der Waals surface area contributed by atoms with Crippen molar-refractivity contribution in [2.75, 3.05) is 0 Å². The van der Waals surface area contributed by atoms with Crippen LogP contribution in [0.1, 0.15) is 46.8 Å². The van der Waals surface area contributed by atoms with Gasteiger partial charge in [0.25, 0.3) is 5.56 Å². The van der Waals surface area contributed by atoms with Crippen LogP contribution in [0.15, 0.2) is 47.3 Å². The number of carbonyl (C=O) groups excluding carboxylic acids is 1. The predicted molar refractivity (Wildman–Crippen MR) is 109 cm³/mol. The summed E-state index contributed by atoms with van der Waals surface area (Å²) in [7, 11) is 0. The van der Waals surface area contributed by atoms with E-state index in [4.69, 9.17) is 0 Å².